The van der Waals surface area contributed by atoms with Gasteiger partial charge in [0.15, 0.2) is 0 Å². The zero-order valence-electron chi connectivity index (χ0n) is 14.8. The molecule has 0 unspecified atom stereocenters. The normalized spacial score (nSPS) is 11.2. The summed E-state index contributed by atoms with van der Waals surface area (Å²) in [4.78, 5) is 13.6. The number of aromatic nitrogens is 4. The average Bonchev–Trinajstić information content (AvgIpc) is 3.17. The van der Waals surface area contributed by atoms with Crippen molar-refractivity contribution in [1.29, 1.82) is 0 Å². The maximum atomic E-state index is 12.1. The molecule has 0 atom stereocenters. The predicted octanol–water partition coefficient (Wildman–Crippen LogP) is 3.70. The number of carbonyl (C=O) groups excluding carboxylic acids is 1. The second-order valence-corrected chi connectivity index (χ2v) is 6.58. The molecule has 0 spiro atoms. The smallest absolute Gasteiger partial charge is 0.338 e. The summed E-state index contributed by atoms with van der Waals surface area (Å²) in [5.74, 6) is 0.119. The van der Waals surface area contributed by atoms with E-state index < -0.39 is 0 Å². The van der Waals surface area contributed by atoms with Gasteiger partial charge in [-0.1, -0.05) is 50.3 Å². The second-order valence-electron chi connectivity index (χ2n) is 6.58. The molecule has 0 fully saturated rings. The largest absolute Gasteiger partial charge is 0.461 e. The van der Waals surface area contributed by atoms with Crippen molar-refractivity contribution in [2.45, 2.75) is 13.8 Å². The molecule has 1 heterocycles. The first-order chi connectivity index (χ1) is 12.5. The van der Waals surface area contributed by atoms with Crippen molar-refractivity contribution in [3.8, 4) is 17.1 Å². The van der Waals surface area contributed by atoms with E-state index in [-0.39, 0.29) is 18.0 Å². The number of carbonyl (C=O) groups is 1. The summed E-state index contributed by atoms with van der Waals surface area (Å²) in [6, 6.07) is 16.5. The molecule has 3 aromatic rings. The highest BCUT2D eigenvalue weighted by Gasteiger charge is 2.17. The van der Waals surface area contributed by atoms with Crippen LogP contribution in [0.3, 0.4) is 0 Å². The third-order valence-corrected chi connectivity index (χ3v) is 3.91. The van der Waals surface area contributed by atoms with Gasteiger partial charge in [-0.15, -0.1) is 21.6 Å². The molecular formula is C20H20N4O2. The Kier molecular flexibility index (Phi) is 4.93. The molecule has 0 aliphatic heterocycles. The SMILES string of the molecule is C=CC(C)(C)COC(=O)c1ccc(-c2nnn(-c3ccccc3)n2)cc1. The molecule has 132 valence electrons. The molecule has 6 nitrogen and oxygen atoms in total. The number of tetrazole rings is 1. The van der Waals surface area contributed by atoms with Crippen molar-refractivity contribution in [2.24, 2.45) is 5.41 Å². The van der Waals surface area contributed by atoms with Crippen molar-refractivity contribution < 1.29 is 9.53 Å². The first kappa shape index (κ1) is 17.5. The van der Waals surface area contributed by atoms with Crippen LogP contribution in [0.2, 0.25) is 0 Å². The highest BCUT2D eigenvalue weighted by molar-refractivity contribution is 5.89. The lowest BCUT2D eigenvalue weighted by Gasteiger charge is -2.19. The quantitative estimate of drug-likeness (QED) is 0.502. The Balaban J connectivity index is 1.71. The van der Waals surface area contributed by atoms with Gasteiger partial charge in [-0.2, -0.15) is 0 Å². The van der Waals surface area contributed by atoms with Gasteiger partial charge < -0.3 is 4.74 Å². The van der Waals surface area contributed by atoms with E-state index in [1.165, 1.54) is 4.80 Å². The summed E-state index contributed by atoms with van der Waals surface area (Å²) in [6.45, 7) is 7.93. The molecule has 0 radical (unpaired) electrons. The van der Waals surface area contributed by atoms with E-state index in [1.54, 1.807) is 30.3 Å². The molecule has 0 bridgehead atoms. The van der Waals surface area contributed by atoms with E-state index in [2.05, 4.69) is 22.0 Å². The van der Waals surface area contributed by atoms with Crippen LogP contribution in [0.1, 0.15) is 24.2 Å². The molecule has 0 N–H and O–H groups in total. The molecule has 3 rings (SSSR count). The molecule has 0 amide bonds. The molecule has 0 aliphatic carbocycles. The number of esters is 1. The third kappa shape index (κ3) is 4.03. The highest BCUT2D eigenvalue weighted by Crippen LogP contribution is 2.19. The monoisotopic (exact) mass is 348 g/mol. The zero-order chi connectivity index (χ0) is 18.6. The summed E-state index contributed by atoms with van der Waals surface area (Å²) in [5, 5.41) is 12.5. The van der Waals surface area contributed by atoms with E-state index in [4.69, 9.17) is 4.74 Å². The van der Waals surface area contributed by atoms with Crippen LogP contribution in [0.25, 0.3) is 17.1 Å². The summed E-state index contributed by atoms with van der Waals surface area (Å²) in [7, 11) is 0. The Bertz CT molecular complexity index is 899. The summed E-state index contributed by atoms with van der Waals surface area (Å²) in [6.07, 6.45) is 1.77. The van der Waals surface area contributed by atoms with Gasteiger partial charge in [0.2, 0.25) is 5.82 Å². The Morgan fingerprint density at radius 1 is 1.15 bits per heavy atom. The van der Waals surface area contributed by atoms with Crippen LogP contribution in [-0.4, -0.2) is 32.8 Å². The molecule has 0 saturated carbocycles. The maximum Gasteiger partial charge on any atom is 0.338 e. The minimum Gasteiger partial charge on any atom is -0.461 e. The van der Waals surface area contributed by atoms with Gasteiger partial charge in [0.05, 0.1) is 11.3 Å². The van der Waals surface area contributed by atoms with Crippen LogP contribution in [0.5, 0.6) is 0 Å². The summed E-state index contributed by atoms with van der Waals surface area (Å²) in [5.41, 5.74) is 1.82. The molecule has 0 saturated heterocycles. The Morgan fingerprint density at radius 2 is 1.85 bits per heavy atom. The van der Waals surface area contributed by atoms with Gasteiger partial charge in [0.1, 0.15) is 6.61 Å². The van der Waals surface area contributed by atoms with Crippen LogP contribution in [0, 0.1) is 5.41 Å². The Hall–Kier alpha value is -3.28. The number of hydrogen-bond acceptors (Lipinski definition) is 5. The third-order valence-electron chi connectivity index (χ3n) is 3.91. The van der Waals surface area contributed by atoms with Gasteiger partial charge in [-0.3, -0.25) is 0 Å². The lowest BCUT2D eigenvalue weighted by molar-refractivity contribution is 0.0400. The van der Waals surface area contributed by atoms with Gasteiger partial charge in [-0.05, 0) is 29.5 Å². The molecule has 2 aromatic carbocycles. The number of rotatable bonds is 6. The lowest BCUT2D eigenvalue weighted by Crippen LogP contribution is -2.19. The van der Waals surface area contributed by atoms with Crippen LogP contribution in [0.15, 0.2) is 67.3 Å². The van der Waals surface area contributed by atoms with Crippen LogP contribution < -0.4 is 0 Å². The van der Waals surface area contributed by atoms with E-state index in [0.29, 0.717) is 11.4 Å². The van der Waals surface area contributed by atoms with Crippen molar-refractivity contribution in [2.75, 3.05) is 6.61 Å². The topological polar surface area (TPSA) is 69.9 Å². The fraction of sp³-hybridized carbons (Fsp3) is 0.200. The maximum absolute atomic E-state index is 12.1. The van der Waals surface area contributed by atoms with Gasteiger partial charge >= 0.3 is 5.97 Å². The summed E-state index contributed by atoms with van der Waals surface area (Å²) < 4.78 is 5.33. The molecule has 6 heteroatoms. The minimum atomic E-state index is -0.368. The second kappa shape index (κ2) is 7.31. The van der Waals surface area contributed by atoms with Crippen LogP contribution in [-0.2, 0) is 4.74 Å². The predicted molar refractivity (Wildman–Crippen MR) is 98.9 cm³/mol. The summed E-state index contributed by atoms with van der Waals surface area (Å²) >= 11 is 0. The zero-order valence-corrected chi connectivity index (χ0v) is 14.8. The Labute approximate surface area is 152 Å². The van der Waals surface area contributed by atoms with Crippen LogP contribution >= 0.6 is 0 Å². The van der Waals surface area contributed by atoms with E-state index in [9.17, 15) is 4.79 Å². The van der Waals surface area contributed by atoms with Gasteiger partial charge in [0.25, 0.3) is 0 Å². The Morgan fingerprint density at radius 3 is 2.50 bits per heavy atom. The first-order valence-electron chi connectivity index (χ1n) is 8.25. The van der Waals surface area contributed by atoms with Gasteiger partial charge in [-0.25, -0.2) is 4.79 Å². The van der Waals surface area contributed by atoms with Gasteiger partial charge in [0, 0.05) is 11.0 Å². The number of ether oxygens (including phenoxy) is 1. The molecule has 1 aromatic heterocycles. The number of para-hydroxylation sites is 1. The number of benzene rings is 2. The average molecular weight is 348 g/mol. The van der Waals surface area contributed by atoms with Crippen molar-refractivity contribution in [3.05, 3.63) is 72.8 Å². The fourth-order valence-electron chi connectivity index (χ4n) is 2.15. The molecule has 0 aliphatic rings. The van der Waals surface area contributed by atoms with E-state index in [0.717, 1.165) is 11.3 Å². The van der Waals surface area contributed by atoms with Crippen molar-refractivity contribution >= 4 is 5.97 Å². The standard InChI is InChI=1S/C20H20N4O2/c1-4-20(2,3)14-26-19(25)16-12-10-15(11-13-16)18-21-23-24(22-18)17-8-6-5-7-9-17/h4-13H,1,14H2,2-3H3. The number of hydrogen-bond donors (Lipinski definition) is 0. The molecule has 26 heavy (non-hydrogen) atoms. The number of nitrogens with zero attached hydrogens (tertiary/aromatic N) is 4. The highest BCUT2D eigenvalue weighted by atomic mass is 16.5. The van der Waals surface area contributed by atoms with E-state index in [1.807, 2.05) is 44.2 Å². The first-order valence-corrected chi connectivity index (χ1v) is 8.25. The van der Waals surface area contributed by atoms with Crippen LogP contribution in [0.4, 0.5) is 0 Å². The van der Waals surface area contributed by atoms with Crippen molar-refractivity contribution in [3.63, 3.8) is 0 Å². The molecular weight excluding hydrogens is 328 g/mol. The van der Waals surface area contributed by atoms with E-state index >= 15 is 0 Å². The fourth-order valence-corrected chi connectivity index (χ4v) is 2.15. The minimum absolute atomic E-state index is 0.255. The lowest BCUT2D eigenvalue weighted by atomic mass is 9.95. The van der Waals surface area contributed by atoms with Crippen molar-refractivity contribution in [1.82, 2.24) is 20.2 Å².